The fraction of sp³-hybridized carbons (Fsp3) is 0.611. The van der Waals surface area contributed by atoms with Gasteiger partial charge in [-0.3, -0.25) is 14.6 Å². The molecule has 0 aromatic carbocycles. The van der Waals surface area contributed by atoms with E-state index in [1.54, 1.807) is 12.4 Å². The number of likely N-dealkylation sites (tertiary alicyclic amines) is 1. The molecule has 2 saturated carbocycles. The van der Waals surface area contributed by atoms with E-state index < -0.39 is 0 Å². The molecule has 3 fully saturated rings. The lowest BCUT2D eigenvalue weighted by molar-refractivity contribution is -0.131. The summed E-state index contributed by atoms with van der Waals surface area (Å²) in [6.45, 7) is 2.14. The van der Waals surface area contributed by atoms with Crippen molar-refractivity contribution >= 4 is 11.8 Å². The number of nitrogens with one attached hydrogen (secondary N) is 1. The zero-order valence-corrected chi connectivity index (χ0v) is 13.3. The maximum Gasteiger partial charge on any atom is 0.224 e. The van der Waals surface area contributed by atoms with E-state index in [0.717, 1.165) is 31.5 Å². The lowest BCUT2D eigenvalue weighted by Crippen LogP contribution is -2.31. The first-order valence-electron chi connectivity index (χ1n) is 8.61. The number of hydrogen-bond donors (Lipinski definition) is 1. The van der Waals surface area contributed by atoms with Crippen molar-refractivity contribution in [2.24, 2.45) is 17.3 Å². The van der Waals surface area contributed by atoms with Crippen molar-refractivity contribution in [3.05, 3.63) is 30.1 Å². The predicted octanol–water partition coefficient (Wildman–Crippen LogP) is 1.74. The van der Waals surface area contributed by atoms with Crippen LogP contribution in [0.5, 0.6) is 0 Å². The zero-order chi connectivity index (χ0) is 15.9. The fourth-order valence-electron chi connectivity index (χ4n) is 3.79. The Kier molecular flexibility index (Phi) is 3.58. The minimum atomic E-state index is 0.0677. The van der Waals surface area contributed by atoms with Crippen LogP contribution in [0.1, 0.15) is 37.7 Å². The summed E-state index contributed by atoms with van der Waals surface area (Å²) in [4.78, 5) is 30.6. The number of amides is 2. The molecular weight excluding hydrogens is 290 g/mol. The molecule has 4 rings (SSSR count). The zero-order valence-electron chi connectivity index (χ0n) is 13.3. The molecule has 122 valence electrons. The largest absolute Gasteiger partial charge is 0.352 e. The van der Waals surface area contributed by atoms with Crippen LogP contribution in [0.3, 0.4) is 0 Å². The lowest BCUT2D eigenvalue weighted by Gasteiger charge is -2.16. The van der Waals surface area contributed by atoms with Crippen LogP contribution in [0.4, 0.5) is 0 Å². The second-order valence-electron chi connectivity index (χ2n) is 7.41. The number of carbonyl (C=O) groups excluding carboxylic acids is 2. The summed E-state index contributed by atoms with van der Waals surface area (Å²) in [6.07, 6.45) is 8.55. The molecule has 2 atom stereocenters. The highest BCUT2D eigenvalue weighted by Crippen LogP contribution is 2.58. The Hall–Kier alpha value is -1.91. The van der Waals surface area contributed by atoms with E-state index in [4.69, 9.17) is 0 Å². The van der Waals surface area contributed by atoms with E-state index in [2.05, 4.69) is 10.3 Å². The molecule has 0 radical (unpaired) electrons. The van der Waals surface area contributed by atoms with E-state index in [1.165, 1.54) is 12.8 Å². The van der Waals surface area contributed by atoms with Gasteiger partial charge in [0.05, 0.1) is 0 Å². The third-order valence-electron chi connectivity index (χ3n) is 5.59. The van der Waals surface area contributed by atoms with Crippen LogP contribution >= 0.6 is 0 Å². The highest BCUT2D eigenvalue weighted by Gasteiger charge is 2.61. The van der Waals surface area contributed by atoms with E-state index in [1.807, 2.05) is 17.0 Å². The monoisotopic (exact) mass is 313 g/mol. The Labute approximate surface area is 136 Å². The maximum absolute atomic E-state index is 12.4. The van der Waals surface area contributed by atoms with Gasteiger partial charge >= 0.3 is 0 Å². The van der Waals surface area contributed by atoms with Crippen LogP contribution < -0.4 is 5.32 Å². The van der Waals surface area contributed by atoms with Gasteiger partial charge in [-0.2, -0.15) is 0 Å². The number of aromatic nitrogens is 1. The van der Waals surface area contributed by atoms with Gasteiger partial charge in [-0.25, -0.2) is 0 Å². The fourth-order valence-corrected chi connectivity index (χ4v) is 3.79. The molecule has 1 spiro atoms. The first-order valence-corrected chi connectivity index (χ1v) is 8.61. The summed E-state index contributed by atoms with van der Waals surface area (Å²) in [7, 11) is 0. The van der Waals surface area contributed by atoms with Gasteiger partial charge in [-0.05, 0) is 43.2 Å². The van der Waals surface area contributed by atoms with Gasteiger partial charge in [-0.15, -0.1) is 0 Å². The van der Waals surface area contributed by atoms with Crippen molar-refractivity contribution in [2.75, 3.05) is 13.1 Å². The molecule has 2 aliphatic carbocycles. The average molecular weight is 313 g/mol. The molecule has 23 heavy (non-hydrogen) atoms. The van der Waals surface area contributed by atoms with Crippen LogP contribution in [-0.4, -0.2) is 34.8 Å². The minimum Gasteiger partial charge on any atom is -0.352 e. The summed E-state index contributed by atoms with van der Waals surface area (Å²) < 4.78 is 0. The van der Waals surface area contributed by atoms with Crippen molar-refractivity contribution in [3.8, 4) is 0 Å². The van der Waals surface area contributed by atoms with Crippen LogP contribution in [0.15, 0.2) is 24.5 Å². The molecule has 1 saturated heterocycles. The number of nitrogens with zero attached hydrogens (tertiary/aromatic N) is 2. The second kappa shape index (κ2) is 5.62. The van der Waals surface area contributed by atoms with E-state index in [9.17, 15) is 9.59 Å². The van der Waals surface area contributed by atoms with Crippen molar-refractivity contribution in [2.45, 2.75) is 38.6 Å². The molecule has 1 N–H and O–H groups in total. The number of pyridine rings is 1. The number of rotatable bonds is 5. The van der Waals surface area contributed by atoms with Crippen molar-refractivity contribution in [1.82, 2.24) is 15.2 Å². The molecule has 2 unspecified atom stereocenters. The molecule has 2 amide bonds. The van der Waals surface area contributed by atoms with Crippen LogP contribution in [-0.2, 0) is 16.1 Å². The van der Waals surface area contributed by atoms with Crippen molar-refractivity contribution in [1.29, 1.82) is 0 Å². The summed E-state index contributed by atoms with van der Waals surface area (Å²) in [5, 5.41) is 3.02. The Morgan fingerprint density at radius 1 is 1.39 bits per heavy atom. The Morgan fingerprint density at radius 2 is 2.26 bits per heavy atom. The number of hydrogen-bond acceptors (Lipinski definition) is 3. The van der Waals surface area contributed by atoms with Crippen molar-refractivity contribution < 1.29 is 9.59 Å². The predicted molar refractivity (Wildman–Crippen MR) is 85.2 cm³/mol. The summed E-state index contributed by atoms with van der Waals surface area (Å²) >= 11 is 0. The quantitative estimate of drug-likeness (QED) is 0.900. The second-order valence-corrected chi connectivity index (χ2v) is 7.41. The van der Waals surface area contributed by atoms with Crippen molar-refractivity contribution in [3.63, 3.8) is 0 Å². The molecular formula is C18H23N3O2. The molecule has 1 aromatic heterocycles. The number of carbonyl (C=O) groups is 2. The van der Waals surface area contributed by atoms with Crippen LogP contribution in [0.2, 0.25) is 0 Å². The minimum absolute atomic E-state index is 0.0677. The lowest BCUT2D eigenvalue weighted by atomic mass is 10.0. The Balaban J connectivity index is 1.27. The molecule has 2 heterocycles. The van der Waals surface area contributed by atoms with Crippen LogP contribution in [0.25, 0.3) is 0 Å². The van der Waals surface area contributed by atoms with E-state index >= 15 is 0 Å². The van der Waals surface area contributed by atoms with Gasteiger partial charge in [0.2, 0.25) is 11.8 Å². The third-order valence-corrected chi connectivity index (χ3v) is 5.59. The maximum atomic E-state index is 12.4. The molecule has 5 heteroatoms. The van der Waals surface area contributed by atoms with Gasteiger partial charge in [0.1, 0.15) is 0 Å². The Bertz CT molecular complexity index is 614. The smallest absolute Gasteiger partial charge is 0.224 e. The third kappa shape index (κ3) is 3.09. The average Bonchev–Trinajstić information content (AvgIpc) is 3.45. The topological polar surface area (TPSA) is 62.3 Å². The molecule has 5 nitrogen and oxygen atoms in total. The van der Waals surface area contributed by atoms with Gasteiger partial charge in [0.15, 0.2) is 0 Å². The normalized spacial score (nSPS) is 28.9. The molecule has 1 aromatic rings. The van der Waals surface area contributed by atoms with Crippen LogP contribution in [0, 0.1) is 17.3 Å². The van der Waals surface area contributed by atoms with Gasteiger partial charge in [-0.1, -0.05) is 6.07 Å². The summed E-state index contributed by atoms with van der Waals surface area (Å²) in [5.41, 5.74) is 1.08. The highest BCUT2D eigenvalue weighted by molar-refractivity contribution is 5.83. The van der Waals surface area contributed by atoms with E-state index in [-0.39, 0.29) is 17.2 Å². The first kappa shape index (κ1) is 14.7. The Morgan fingerprint density at radius 3 is 3.00 bits per heavy atom. The van der Waals surface area contributed by atoms with Gasteiger partial charge < -0.3 is 10.2 Å². The molecule has 1 aliphatic heterocycles. The standard InChI is InChI=1S/C18H23N3O2/c22-16(8-13-3-4-13)21-7-5-18(12-21)9-15(18)17(23)20-11-14-2-1-6-19-10-14/h1-2,6,10,13,15H,3-5,7-9,11-12H2,(H,20,23). The molecule has 3 aliphatic rings. The van der Waals surface area contributed by atoms with Gasteiger partial charge in [0, 0.05) is 49.8 Å². The van der Waals surface area contributed by atoms with E-state index in [0.29, 0.717) is 24.8 Å². The van der Waals surface area contributed by atoms with Gasteiger partial charge in [0.25, 0.3) is 0 Å². The SMILES string of the molecule is O=C(NCc1cccnc1)C1CC12CCN(C(=O)CC1CC1)C2. The summed E-state index contributed by atoms with van der Waals surface area (Å²) in [6, 6.07) is 3.84. The molecule has 0 bridgehead atoms. The first-order chi connectivity index (χ1) is 11.2. The summed E-state index contributed by atoms with van der Waals surface area (Å²) in [5.74, 6) is 1.14. The highest BCUT2D eigenvalue weighted by atomic mass is 16.2.